The largest absolute Gasteiger partial charge is 0.374 e. The van der Waals surface area contributed by atoms with Crippen molar-refractivity contribution in [1.82, 2.24) is 14.5 Å². The molecule has 256 valence electrons. The van der Waals surface area contributed by atoms with Crippen LogP contribution in [0.3, 0.4) is 0 Å². The van der Waals surface area contributed by atoms with Crippen molar-refractivity contribution in [3.8, 4) is 0 Å². The first-order valence-electron chi connectivity index (χ1n) is 16.9. The highest BCUT2D eigenvalue weighted by Gasteiger charge is 2.44. The summed E-state index contributed by atoms with van der Waals surface area (Å²) in [6.07, 6.45) is 1.33. The molecule has 0 spiro atoms. The van der Waals surface area contributed by atoms with E-state index in [0.29, 0.717) is 43.6 Å². The van der Waals surface area contributed by atoms with Gasteiger partial charge in [-0.3, -0.25) is 0 Å². The number of halogens is 1. The summed E-state index contributed by atoms with van der Waals surface area (Å²) in [7, 11) is 0. The Hall–Kier alpha value is -4.41. The van der Waals surface area contributed by atoms with Crippen LogP contribution in [0.15, 0.2) is 140 Å². The van der Waals surface area contributed by atoms with Crippen LogP contribution in [0, 0.1) is 0 Å². The fourth-order valence-electron chi connectivity index (χ4n) is 6.32. The molecule has 0 bridgehead atoms. The van der Waals surface area contributed by atoms with E-state index in [9.17, 15) is 0 Å². The highest BCUT2D eigenvalue weighted by Crippen LogP contribution is 2.36. The lowest BCUT2D eigenvalue weighted by molar-refractivity contribution is -0.184. The first kappa shape index (κ1) is 34.1. The molecule has 2 aromatic heterocycles. The summed E-state index contributed by atoms with van der Waals surface area (Å²) in [5, 5.41) is 1.13. The summed E-state index contributed by atoms with van der Waals surface area (Å²) >= 11 is 6.50. The molecule has 5 atom stereocenters. The average Bonchev–Trinajstić information content (AvgIpc) is 3.55. The van der Waals surface area contributed by atoms with Gasteiger partial charge in [-0.1, -0.05) is 133 Å². The van der Waals surface area contributed by atoms with Crippen molar-refractivity contribution in [2.45, 2.75) is 63.5 Å². The maximum absolute atomic E-state index is 7.06. The van der Waals surface area contributed by atoms with Crippen LogP contribution < -0.4 is 0 Å². The second-order valence-corrected chi connectivity index (χ2v) is 12.7. The molecule has 50 heavy (non-hydrogen) atoms. The number of hydrogen-bond acceptors (Lipinski definition) is 7. The molecular weight excluding hydrogens is 650 g/mol. The highest BCUT2D eigenvalue weighted by atomic mass is 35.5. The Morgan fingerprint density at radius 3 is 1.72 bits per heavy atom. The Bertz CT molecular complexity index is 1900. The fourth-order valence-corrected chi connectivity index (χ4v) is 6.51. The Balaban J connectivity index is 1.26. The molecule has 3 heterocycles. The second-order valence-electron chi connectivity index (χ2n) is 12.3. The van der Waals surface area contributed by atoms with Crippen LogP contribution in [0.1, 0.15) is 34.9 Å². The molecule has 7 rings (SSSR count). The van der Waals surface area contributed by atoms with E-state index in [1.807, 2.05) is 89.6 Å². The lowest BCUT2D eigenvalue weighted by atomic mass is 10.0. The van der Waals surface area contributed by atoms with Gasteiger partial charge in [-0.15, -0.1) is 0 Å². The summed E-state index contributed by atoms with van der Waals surface area (Å²) in [4.78, 5) is 8.79. The summed E-state index contributed by atoms with van der Waals surface area (Å²) in [5.74, 6) is 0. The molecule has 0 unspecified atom stereocenters. The molecule has 0 amide bonds. The molecule has 1 aliphatic rings. The predicted molar refractivity (Wildman–Crippen MR) is 192 cm³/mol. The number of hydrogen-bond donors (Lipinski definition) is 0. The number of rotatable bonds is 14. The van der Waals surface area contributed by atoms with Gasteiger partial charge in [-0.05, 0) is 28.3 Å². The van der Waals surface area contributed by atoms with Crippen LogP contribution in [-0.2, 0) is 50.1 Å². The van der Waals surface area contributed by atoms with Crippen LogP contribution in [0.5, 0.6) is 0 Å². The minimum absolute atomic E-state index is 0.260. The number of ether oxygens (including phenoxy) is 5. The number of aromatic nitrogens is 3. The van der Waals surface area contributed by atoms with Crippen molar-refractivity contribution in [2.24, 2.45) is 0 Å². The van der Waals surface area contributed by atoms with Crippen LogP contribution in [0.4, 0.5) is 0 Å². The van der Waals surface area contributed by atoms with Gasteiger partial charge in [0.15, 0.2) is 0 Å². The SMILES string of the molecule is Clc1ncnc2c1ccn2[C@@H]1C[C@H](OCc2ccccc2)[C@H](OCc2ccccc2)[C@@H](OCc2ccccc2)[C@@H](COCc2ccccc2)O1. The minimum atomic E-state index is -0.555. The van der Waals surface area contributed by atoms with E-state index in [0.717, 1.165) is 27.6 Å². The highest BCUT2D eigenvalue weighted by molar-refractivity contribution is 6.33. The van der Waals surface area contributed by atoms with Gasteiger partial charge in [0.25, 0.3) is 0 Å². The maximum Gasteiger partial charge on any atom is 0.146 e. The third kappa shape index (κ3) is 8.65. The van der Waals surface area contributed by atoms with Gasteiger partial charge in [-0.25, -0.2) is 9.97 Å². The van der Waals surface area contributed by atoms with Crippen molar-refractivity contribution in [3.63, 3.8) is 0 Å². The summed E-state index contributed by atoms with van der Waals surface area (Å²) in [5.41, 5.74) is 4.90. The van der Waals surface area contributed by atoms with E-state index in [1.165, 1.54) is 6.33 Å². The van der Waals surface area contributed by atoms with Crippen LogP contribution in [0.25, 0.3) is 11.0 Å². The van der Waals surface area contributed by atoms with Gasteiger partial charge in [-0.2, -0.15) is 0 Å². The van der Waals surface area contributed by atoms with Gasteiger partial charge in [0.2, 0.25) is 0 Å². The standard InChI is InChI=1S/C41H40ClN3O5/c42-40-34-21-22-45(41(34)44-29-43-40)37-23-35(47-25-31-15-7-2-8-16-31)38(48-26-32-17-9-3-10-18-32)39(49-27-33-19-11-4-12-20-33)36(50-37)28-46-24-30-13-5-1-6-14-30/h1-22,29,35-39H,23-28H2/t35-,36+,37-,38-,39-/m0/s1. The molecule has 1 saturated heterocycles. The van der Waals surface area contributed by atoms with Gasteiger partial charge < -0.3 is 28.3 Å². The van der Waals surface area contributed by atoms with Crippen LogP contribution >= 0.6 is 11.6 Å². The van der Waals surface area contributed by atoms with E-state index in [4.69, 9.17) is 35.3 Å². The number of fused-ring (bicyclic) bond motifs is 1. The molecule has 9 heteroatoms. The first-order chi connectivity index (χ1) is 24.7. The third-order valence-electron chi connectivity index (χ3n) is 8.86. The Morgan fingerprint density at radius 1 is 0.620 bits per heavy atom. The molecule has 0 saturated carbocycles. The molecule has 0 aliphatic carbocycles. The van der Waals surface area contributed by atoms with Gasteiger partial charge in [0, 0.05) is 12.6 Å². The fraction of sp³-hybridized carbons (Fsp3) is 0.268. The maximum atomic E-state index is 7.06. The van der Waals surface area contributed by atoms with E-state index in [-0.39, 0.29) is 6.61 Å². The topological polar surface area (TPSA) is 76.9 Å². The van der Waals surface area contributed by atoms with Crippen LogP contribution in [0.2, 0.25) is 5.15 Å². The predicted octanol–water partition coefficient (Wildman–Crippen LogP) is 8.35. The van der Waals surface area contributed by atoms with Gasteiger partial charge in [0.05, 0.1) is 44.5 Å². The second kappa shape index (κ2) is 17.0. The zero-order chi connectivity index (χ0) is 34.0. The van der Waals surface area contributed by atoms with Crippen molar-refractivity contribution in [2.75, 3.05) is 6.61 Å². The lowest BCUT2D eigenvalue weighted by Crippen LogP contribution is -2.48. The number of benzene rings is 4. The quantitative estimate of drug-likeness (QED) is 0.106. The van der Waals surface area contributed by atoms with Crippen molar-refractivity contribution in [1.29, 1.82) is 0 Å². The van der Waals surface area contributed by atoms with Crippen molar-refractivity contribution in [3.05, 3.63) is 167 Å². The average molecular weight is 690 g/mol. The molecule has 1 aliphatic heterocycles. The number of nitrogens with zero attached hydrogens (tertiary/aromatic N) is 3. The molecule has 1 fully saturated rings. The Labute approximate surface area is 297 Å². The van der Waals surface area contributed by atoms with E-state index in [2.05, 4.69) is 58.5 Å². The van der Waals surface area contributed by atoms with Crippen molar-refractivity contribution >= 4 is 22.6 Å². The molecule has 8 nitrogen and oxygen atoms in total. The van der Waals surface area contributed by atoms with E-state index >= 15 is 0 Å². The molecule has 0 N–H and O–H groups in total. The monoisotopic (exact) mass is 689 g/mol. The lowest BCUT2D eigenvalue weighted by Gasteiger charge is -2.34. The molecule has 4 aromatic carbocycles. The molecule has 6 aromatic rings. The normalized spacial score (nSPS) is 20.9. The smallest absolute Gasteiger partial charge is 0.146 e. The van der Waals surface area contributed by atoms with E-state index in [1.54, 1.807) is 0 Å². The first-order valence-corrected chi connectivity index (χ1v) is 17.3. The zero-order valence-electron chi connectivity index (χ0n) is 27.7. The van der Waals surface area contributed by atoms with Gasteiger partial charge in [0.1, 0.15) is 41.7 Å². The molecular formula is C41H40ClN3O5. The summed E-state index contributed by atoms with van der Waals surface area (Å²) < 4.78 is 36.0. The molecule has 0 radical (unpaired) electrons. The summed E-state index contributed by atoms with van der Waals surface area (Å²) in [6.45, 7) is 1.82. The summed E-state index contributed by atoms with van der Waals surface area (Å²) in [6, 6.07) is 42.5. The zero-order valence-corrected chi connectivity index (χ0v) is 28.4. The Morgan fingerprint density at radius 2 is 1.14 bits per heavy atom. The van der Waals surface area contributed by atoms with Crippen LogP contribution in [-0.4, -0.2) is 45.6 Å². The van der Waals surface area contributed by atoms with Crippen molar-refractivity contribution < 1.29 is 23.7 Å². The third-order valence-corrected chi connectivity index (χ3v) is 9.17. The van der Waals surface area contributed by atoms with E-state index < -0.39 is 30.6 Å². The Kier molecular flexibility index (Phi) is 11.6. The minimum Gasteiger partial charge on any atom is -0.374 e. The van der Waals surface area contributed by atoms with Gasteiger partial charge >= 0.3 is 0 Å².